The molecule has 1 aliphatic rings. The summed E-state index contributed by atoms with van der Waals surface area (Å²) < 4.78 is 5.23. The number of amides is 3. The smallest absolute Gasteiger partial charge is 0.293 e. The molecule has 1 aromatic heterocycles. The Bertz CT molecular complexity index is 883. The molecular weight excluding hydrogens is 352 g/mol. The lowest BCUT2D eigenvalue weighted by Gasteiger charge is -2.12. The number of thioether (sulfide) groups is 1. The molecule has 0 saturated carbocycles. The predicted molar refractivity (Wildman–Crippen MR) is 99.6 cm³/mol. The van der Waals surface area contributed by atoms with E-state index in [4.69, 9.17) is 4.42 Å². The molecule has 2 aromatic rings. The van der Waals surface area contributed by atoms with Gasteiger partial charge >= 0.3 is 0 Å². The SMILES string of the molecule is Cc1ccc(C=C2SC(=O)N(CCNC(=O)c3ccc(C)o3)C2=O)cc1. The van der Waals surface area contributed by atoms with Crippen molar-refractivity contribution in [3.8, 4) is 0 Å². The van der Waals surface area contributed by atoms with Crippen molar-refractivity contribution in [2.45, 2.75) is 13.8 Å². The molecule has 1 aromatic carbocycles. The molecule has 2 heterocycles. The van der Waals surface area contributed by atoms with Crippen molar-refractivity contribution in [3.05, 3.63) is 64.0 Å². The second-order valence-corrected chi connectivity index (χ2v) is 6.90. The number of imide groups is 1. The van der Waals surface area contributed by atoms with Crippen LogP contribution in [0.2, 0.25) is 0 Å². The minimum atomic E-state index is -0.375. The van der Waals surface area contributed by atoms with Crippen LogP contribution in [0.4, 0.5) is 4.79 Å². The molecule has 6 nitrogen and oxygen atoms in total. The van der Waals surface area contributed by atoms with E-state index < -0.39 is 0 Å². The van der Waals surface area contributed by atoms with Gasteiger partial charge in [0.25, 0.3) is 17.1 Å². The number of aryl methyl sites for hydroxylation is 2. The first kappa shape index (κ1) is 18.0. The maximum atomic E-state index is 12.4. The van der Waals surface area contributed by atoms with Gasteiger partial charge in [-0.3, -0.25) is 19.3 Å². The molecule has 0 bridgehead atoms. The summed E-state index contributed by atoms with van der Waals surface area (Å²) in [4.78, 5) is 37.9. The second kappa shape index (κ2) is 7.61. The van der Waals surface area contributed by atoms with Crippen LogP contribution in [0.5, 0.6) is 0 Å². The number of carbonyl (C=O) groups excluding carboxylic acids is 3. The number of carbonyl (C=O) groups is 3. The molecule has 26 heavy (non-hydrogen) atoms. The van der Waals surface area contributed by atoms with Crippen molar-refractivity contribution < 1.29 is 18.8 Å². The van der Waals surface area contributed by atoms with Gasteiger partial charge in [0.1, 0.15) is 5.76 Å². The fourth-order valence-electron chi connectivity index (χ4n) is 2.43. The molecule has 3 amide bonds. The van der Waals surface area contributed by atoms with Crippen molar-refractivity contribution >= 4 is 34.9 Å². The highest BCUT2D eigenvalue weighted by Gasteiger charge is 2.34. The van der Waals surface area contributed by atoms with E-state index in [0.717, 1.165) is 27.8 Å². The first-order valence-corrected chi connectivity index (χ1v) is 8.92. The summed E-state index contributed by atoms with van der Waals surface area (Å²) in [6.45, 7) is 4.00. The van der Waals surface area contributed by atoms with Crippen LogP contribution in [-0.2, 0) is 4.79 Å². The lowest BCUT2D eigenvalue weighted by atomic mass is 10.1. The van der Waals surface area contributed by atoms with E-state index in [2.05, 4.69) is 5.32 Å². The summed E-state index contributed by atoms with van der Waals surface area (Å²) in [5.74, 6) is 0.127. The Morgan fingerprint density at radius 1 is 1.15 bits per heavy atom. The van der Waals surface area contributed by atoms with Gasteiger partial charge in [-0.15, -0.1) is 0 Å². The zero-order valence-corrected chi connectivity index (χ0v) is 15.3. The molecule has 134 valence electrons. The summed E-state index contributed by atoms with van der Waals surface area (Å²) in [6, 6.07) is 11.0. The van der Waals surface area contributed by atoms with Gasteiger partial charge < -0.3 is 9.73 Å². The highest BCUT2D eigenvalue weighted by Crippen LogP contribution is 2.31. The second-order valence-electron chi connectivity index (χ2n) is 5.91. The fourth-order valence-corrected chi connectivity index (χ4v) is 3.30. The van der Waals surface area contributed by atoms with Crippen molar-refractivity contribution in [1.29, 1.82) is 0 Å². The standard InChI is InChI=1S/C19H18N2O4S/c1-12-3-6-14(7-4-12)11-16-18(23)21(19(24)26-16)10-9-20-17(22)15-8-5-13(2)25-15/h3-8,11H,9-10H2,1-2H3,(H,20,22). The summed E-state index contributed by atoms with van der Waals surface area (Å²) >= 11 is 0.907. The van der Waals surface area contributed by atoms with Crippen LogP contribution in [0, 0.1) is 13.8 Å². The third kappa shape index (κ3) is 4.05. The highest BCUT2D eigenvalue weighted by atomic mass is 32.2. The molecule has 1 aliphatic heterocycles. The lowest BCUT2D eigenvalue weighted by Crippen LogP contribution is -2.37. The van der Waals surface area contributed by atoms with Crippen LogP contribution < -0.4 is 5.32 Å². The number of hydrogen-bond acceptors (Lipinski definition) is 5. The topological polar surface area (TPSA) is 79.6 Å². The summed E-state index contributed by atoms with van der Waals surface area (Å²) in [6.07, 6.45) is 1.70. The van der Waals surface area contributed by atoms with Crippen molar-refractivity contribution in [2.75, 3.05) is 13.1 Å². The molecule has 0 spiro atoms. The zero-order valence-electron chi connectivity index (χ0n) is 14.4. The number of benzene rings is 1. The van der Waals surface area contributed by atoms with E-state index in [-0.39, 0.29) is 35.9 Å². The normalized spacial score (nSPS) is 15.8. The summed E-state index contributed by atoms with van der Waals surface area (Å²) in [7, 11) is 0. The Balaban J connectivity index is 1.58. The van der Waals surface area contributed by atoms with Crippen LogP contribution in [0.3, 0.4) is 0 Å². The lowest BCUT2D eigenvalue weighted by molar-refractivity contribution is -0.122. The van der Waals surface area contributed by atoms with Gasteiger partial charge in [0.2, 0.25) is 0 Å². The van der Waals surface area contributed by atoms with Gasteiger partial charge in [-0.1, -0.05) is 29.8 Å². The Hall–Kier alpha value is -2.80. The van der Waals surface area contributed by atoms with Crippen molar-refractivity contribution in [3.63, 3.8) is 0 Å². The molecular formula is C19H18N2O4S. The summed E-state index contributed by atoms with van der Waals surface area (Å²) in [5.41, 5.74) is 1.99. The van der Waals surface area contributed by atoms with Gasteiger partial charge in [-0.25, -0.2) is 0 Å². The third-order valence-corrected chi connectivity index (χ3v) is 4.74. The molecule has 7 heteroatoms. The number of nitrogens with zero attached hydrogens (tertiary/aromatic N) is 1. The fraction of sp³-hybridized carbons (Fsp3) is 0.211. The van der Waals surface area contributed by atoms with Gasteiger partial charge in [0.05, 0.1) is 4.91 Å². The minimum absolute atomic E-state index is 0.112. The van der Waals surface area contributed by atoms with Gasteiger partial charge in [0, 0.05) is 13.1 Å². The van der Waals surface area contributed by atoms with E-state index in [1.54, 1.807) is 25.1 Å². The first-order chi connectivity index (χ1) is 12.4. The monoisotopic (exact) mass is 370 g/mol. The number of rotatable bonds is 5. The Morgan fingerprint density at radius 2 is 1.88 bits per heavy atom. The van der Waals surface area contributed by atoms with Crippen molar-refractivity contribution in [2.24, 2.45) is 0 Å². The third-order valence-electron chi connectivity index (χ3n) is 3.83. The van der Waals surface area contributed by atoms with Crippen LogP contribution in [0.1, 0.15) is 27.4 Å². The molecule has 1 fully saturated rings. The van der Waals surface area contributed by atoms with Crippen LogP contribution in [-0.4, -0.2) is 35.0 Å². The highest BCUT2D eigenvalue weighted by molar-refractivity contribution is 8.18. The van der Waals surface area contributed by atoms with E-state index >= 15 is 0 Å². The minimum Gasteiger partial charge on any atom is -0.456 e. The van der Waals surface area contributed by atoms with Gasteiger partial charge in [-0.05, 0) is 49.4 Å². The Morgan fingerprint density at radius 3 is 2.54 bits per heavy atom. The number of nitrogens with one attached hydrogen (secondary N) is 1. The molecule has 0 unspecified atom stereocenters. The zero-order chi connectivity index (χ0) is 18.7. The molecule has 1 saturated heterocycles. The molecule has 0 aliphatic carbocycles. The van der Waals surface area contributed by atoms with Gasteiger partial charge in [0.15, 0.2) is 5.76 Å². The van der Waals surface area contributed by atoms with Crippen molar-refractivity contribution in [1.82, 2.24) is 10.2 Å². The molecule has 1 N–H and O–H groups in total. The maximum absolute atomic E-state index is 12.4. The predicted octanol–water partition coefficient (Wildman–Crippen LogP) is 3.36. The van der Waals surface area contributed by atoms with Crippen LogP contribution in [0.25, 0.3) is 6.08 Å². The molecule has 3 rings (SSSR count). The maximum Gasteiger partial charge on any atom is 0.293 e. The Kier molecular flexibility index (Phi) is 5.27. The molecule has 0 atom stereocenters. The Labute approximate surface area is 155 Å². The van der Waals surface area contributed by atoms with Gasteiger partial charge in [-0.2, -0.15) is 0 Å². The van der Waals surface area contributed by atoms with E-state index in [1.165, 1.54) is 0 Å². The first-order valence-electron chi connectivity index (χ1n) is 8.11. The van der Waals surface area contributed by atoms with Crippen LogP contribution >= 0.6 is 11.8 Å². The molecule has 0 radical (unpaired) electrons. The number of hydrogen-bond donors (Lipinski definition) is 1. The summed E-state index contributed by atoms with van der Waals surface area (Å²) in [5, 5.41) is 2.31. The van der Waals surface area contributed by atoms with Crippen LogP contribution in [0.15, 0.2) is 45.7 Å². The largest absolute Gasteiger partial charge is 0.456 e. The quantitative estimate of drug-likeness (QED) is 0.817. The number of furan rings is 1. The van der Waals surface area contributed by atoms with E-state index in [0.29, 0.717) is 10.7 Å². The van der Waals surface area contributed by atoms with E-state index in [1.807, 2.05) is 31.2 Å². The average Bonchev–Trinajstić information content (AvgIpc) is 3.15. The van der Waals surface area contributed by atoms with E-state index in [9.17, 15) is 14.4 Å². The average molecular weight is 370 g/mol.